The standard InChI is InChI=1S/C32H38N2O/c1-2-3-4-5-6-7-8-9-10-12-15-26-22-25(18-19-32(26)35)27-23-30-29(20-21-33-30)31(24-27)34-28-16-13-11-14-17-28/h11-24,29,34-35H,2-10H2,1H3/b15-12+. The highest BCUT2D eigenvalue weighted by molar-refractivity contribution is 6.10. The minimum absolute atomic E-state index is 0.155. The fourth-order valence-corrected chi connectivity index (χ4v) is 4.68. The molecule has 0 spiro atoms. The Labute approximate surface area is 210 Å². The van der Waals surface area contributed by atoms with E-state index < -0.39 is 0 Å². The van der Waals surface area contributed by atoms with Gasteiger partial charge in [0.1, 0.15) is 5.75 Å². The molecule has 2 aromatic rings. The van der Waals surface area contributed by atoms with Crippen molar-refractivity contribution in [2.45, 2.75) is 64.7 Å². The molecule has 0 fully saturated rings. The van der Waals surface area contributed by atoms with Crippen molar-refractivity contribution in [2.24, 2.45) is 10.9 Å². The number of anilines is 1. The monoisotopic (exact) mass is 466 g/mol. The summed E-state index contributed by atoms with van der Waals surface area (Å²) < 4.78 is 0. The number of fused-ring (bicyclic) bond motifs is 1. The zero-order valence-corrected chi connectivity index (χ0v) is 20.9. The van der Waals surface area contributed by atoms with E-state index in [-0.39, 0.29) is 5.92 Å². The highest BCUT2D eigenvalue weighted by Crippen LogP contribution is 2.34. The minimum atomic E-state index is 0.155. The molecular weight excluding hydrogens is 428 g/mol. The van der Waals surface area contributed by atoms with Crippen LogP contribution in [0.3, 0.4) is 0 Å². The van der Waals surface area contributed by atoms with E-state index in [0.29, 0.717) is 5.75 Å². The van der Waals surface area contributed by atoms with Gasteiger partial charge in [-0.3, -0.25) is 4.99 Å². The lowest BCUT2D eigenvalue weighted by atomic mass is 9.88. The van der Waals surface area contributed by atoms with Gasteiger partial charge in [-0.2, -0.15) is 0 Å². The molecular formula is C32H38N2O. The molecule has 2 N–H and O–H groups in total. The lowest BCUT2D eigenvalue weighted by Crippen LogP contribution is -2.19. The van der Waals surface area contributed by atoms with E-state index in [9.17, 15) is 5.11 Å². The number of allylic oxidation sites excluding steroid dienone is 5. The first-order chi connectivity index (χ1) is 17.2. The molecule has 2 aromatic carbocycles. The zero-order valence-electron chi connectivity index (χ0n) is 20.9. The SMILES string of the molecule is CCCCCCCCCC/C=C/c1cc(C2=CC3=NC=CC3C(Nc3ccccc3)=C2)ccc1O. The largest absolute Gasteiger partial charge is 0.507 e. The van der Waals surface area contributed by atoms with Crippen LogP contribution in [0.4, 0.5) is 5.69 Å². The molecule has 0 saturated heterocycles. The summed E-state index contributed by atoms with van der Waals surface area (Å²) in [6, 6.07) is 16.1. The second-order valence-electron chi connectivity index (χ2n) is 9.50. The van der Waals surface area contributed by atoms with Gasteiger partial charge in [-0.1, -0.05) is 94.4 Å². The third-order valence-electron chi connectivity index (χ3n) is 6.72. The van der Waals surface area contributed by atoms with Crippen molar-refractivity contribution >= 4 is 23.0 Å². The van der Waals surface area contributed by atoms with Crippen molar-refractivity contribution in [1.29, 1.82) is 0 Å². The summed E-state index contributed by atoms with van der Waals surface area (Å²) in [5, 5.41) is 14.0. The van der Waals surface area contributed by atoms with E-state index in [1.54, 1.807) is 6.07 Å². The lowest BCUT2D eigenvalue weighted by molar-refractivity contribution is 0.474. The molecule has 2 aliphatic rings. The van der Waals surface area contributed by atoms with Crippen molar-refractivity contribution < 1.29 is 5.11 Å². The first kappa shape index (κ1) is 24.8. The molecule has 1 aliphatic heterocycles. The Balaban J connectivity index is 1.39. The summed E-state index contributed by atoms with van der Waals surface area (Å²) in [7, 11) is 0. The number of phenols is 1. The van der Waals surface area contributed by atoms with Crippen LogP contribution in [0.1, 0.15) is 75.8 Å². The average Bonchev–Trinajstić information content (AvgIpc) is 3.36. The molecule has 35 heavy (non-hydrogen) atoms. The number of nitrogens with zero attached hydrogens (tertiary/aromatic N) is 1. The number of phenolic OH excluding ortho intramolecular Hbond substituents is 1. The molecule has 0 aromatic heterocycles. The molecule has 3 heteroatoms. The van der Waals surface area contributed by atoms with E-state index in [1.807, 2.05) is 30.5 Å². The first-order valence-electron chi connectivity index (χ1n) is 13.2. The second-order valence-corrected chi connectivity index (χ2v) is 9.50. The number of hydrogen-bond donors (Lipinski definition) is 2. The molecule has 1 heterocycles. The molecule has 0 radical (unpaired) electrons. The lowest BCUT2D eigenvalue weighted by Gasteiger charge is -2.22. The number of aromatic hydroxyl groups is 1. The summed E-state index contributed by atoms with van der Waals surface area (Å²) in [5.74, 6) is 0.476. The van der Waals surface area contributed by atoms with Gasteiger partial charge in [0.05, 0.1) is 11.6 Å². The van der Waals surface area contributed by atoms with Gasteiger partial charge < -0.3 is 10.4 Å². The quantitative estimate of drug-likeness (QED) is 0.289. The molecule has 4 rings (SSSR count). The topological polar surface area (TPSA) is 44.6 Å². The first-order valence-corrected chi connectivity index (χ1v) is 13.2. The fourth-order valence-electron chi connectivity index (χ4n) is 4.68. The molecule has 1 aliphatic carbocycles. The van der Waals surface area contributed by atoms with Crippen molar-refractivity contribution in [1.82, 2.24) is 0 Å². The van der Waals surface area contributed by atoms with Gasteiger partial charge in [-0.25, -0.2) is 0 Å². The number of rotatable bonds is 13. The number of para-hydroxylation sites is 1. The van der Waals surface area contributed by atoms with Crippen LogP contribution in [-0.4, -0.2) is 10.8 Å². The normalized spacial score (nSPS) is 16.7. The van der Waals surface area contributed by atoms with Crippen LogP contribution in [0.15, 0.2) is 89.7 Å². The summed E-state index contributed by atoms with van der Waals surface area (Å²) in [6.07, 6.45) is 24.3. The van der Waals surface area contributed by atoms with Crippen LogP contribution in [0.5, 0.6) is 5.75 Å². The van der Waals surface area contributed by atoms with Gasteiger partial charge in [-0.05, 0) is 60.4 Å². The molecule has 1 unspecified atom stereocenters. The Morgan fingerprint density at radius 3 is 2.49 bits per heavy atom. The Bertz CT molecular complexity index is 1120. The third-order valence-corrected chi connectivity index (χ3v) is 6.72. The predicted octanol–water partition coefficient (Wildman–Crippen LogP) is 8.91. The molecule has 0 amide bonds. The van der Waals surface area contributed by atoms with E-state index in [2.05, 4.69) is 65.8 Å². The van der Waals surface area contributed by atoms with E-state index >= 15 is 0 Å². The zero-order chi connectivity index (χ0) is 24.3. The third kappa shape index (κ3) is 7.08. The highest BCUT2D eigenvalue weighted by atomic mass is 16.3. The molecule has 0 saturated carbocycles. The fraction of sp³-hybridized carbons (Fsp3) is 0.344. The van der Waals surface area contributed by atoms with Gasteiger partial charge in [0, 0.05) is 23.1 Å². The van der Waals surface area contributed by atoms with Crippen molar-refractivity contribution in [3.05, 3.63) is 95.9 Å². The second kappa shape index (κ2) is 12.9. The van der Waals surface area contributed by atoms with Gasteiger partial charge >= 0.3 is 0 Å². The number of aliphatic imine (C=N–C) groups is 1. The van der Waals surface area contributed by atoms with Crippen molar-refractivity contribution in [3.8, 4) is 5.75 Å². The van der Waals surface area contributed by atoms with Gasteiger partial charge in [0.15, 0.2) is 0 Å². The maximum Gasteiger partial charge on any atom is 0.122 e. The van der Waals surface area contributed by atoms with E-state index in [0.717, 1.165) is 40.2 Å². The van der Waals surface area contributed by atoms with Crippen LogP contribution in [-0.2, 0) is 0 Å². The van der Waals surface area contributed by atoms with Crippen LogP contribution in [0.25, 0.3) is 11.6 Å². The van der Waals surface area contributed by atoms with Crippen molar-refractivity contribution in [2.75, 3.05) is 5.32 Å². The maximum absolute atomic E-state index is 10.4. The Morgan fingerprint density at radius 2 is 1.69 bits per heavy atom. The number of hydrogen-bond acceptors (Lipinski definition) is 3. The Kier molecular flexibility index (Phi) is 9.17. The predicted molar refractivity (Wildman–Crippen MR) is 151 cm³/mol. The maximum atomic E-state index is 10.4. The molecule has 0 bridgehead atoms. The number of nitrogens with one attached hydrogen (secondary N) is 1. The number of unbranched alkanes of at least 4 members (excludes halogenated alkanes) is 8. The van der Waals surface area contributed by atoms with Crippen molar-refractivity contribution in [3.63, 3.8) is 0 Å². The number of benzene rings is 2. The van der Waals surface area contributed by atoms with Crippen LogP contribution < -0.4 is 5.32 Å². The minimum Gasteiger partial charge on any atom is -0.507 e. The van der Waals surface area contributed by atoms with Gasteiger partial charge in [0.2, 0.25) is 0 Å². The van der Waals surface area contributed by atoms with Gasteiger partial charge in [-0.15, -0.1) is 0 Å². The van der Waals surface area contributed by atoms with Crippen LogP contribution in [0.2, 0.25) is 0 Å². The Hall–Kier alpha value is -3.33. The molecule has 3 nitrogen and oxygen atoms in total. The summed E-state index contributed by atoms with van der Waals surface area (Å²) >= 11 is 0. The van der Waals surface area contributed by atoms with E-state index in [4.69, 9.17) is 0 Å². The summed E-state index contributed by atoms with van der Waals surface area (Å²) in [5.41, 5.74) is 6.26. The molecule has 182 valence electrons. The molecule has 1 atom stereocenters. The average molecular weight is 467 g/mol. The Morgan fingerprint density at radius 1 is 0.914 bits per heavy atom. The van der Waals surface area contributed by atoms with E-state index in [1.165, 1.54) is 51.4 Å². The van der Waals surface area contributed by atoms with Crippen LogP contribution >= 0.6 is 0 Å². The smallest absolute Gasteiger partial charge is 0.122 e. The summed E-state index contributed by atoms with van der Waals surface area (Å²) in [4.78, 5) is 4.59. The van der Waals surface area contributed by atoms with Gasteiger partial charge in [0.25, 0.3) is 0 Å². The summed E-state index contributed by atoms with van der Waals surface area (Å²) in [6.45, 7) is 2.26. The highest BCUT2D eigenvalue weighted by Gasteiger charge is 2.25. The van der Waals surface area contributed by atoms with Crippen LogP contribution in [0, 0.1) is 5.92 Å².